The number of hydrogen-bond donors (Lipinski definition) is 1. The number of carbonyl (C=O) groups is 1. The van der Waals surface area contributed by atoms with E-state index in [-0.39, 0.29) is 11.5 Å². The molecular formula is C23H22ClN5O2S. The van der Waals surface area contributed by atoms with E-state index in [2.05, 4.69) is 15.4 Å². The molecule has 4 rings (SSSR count). The molecule has 4 aromatic rings. The summed E-state index contributed by atoms with van der Waals surface area (Å²) in [4.78, 5) is 29.3. The van der Waals surface area contributed by atoms with Crippen LogP contribution in [0, 0.1) is 0 Å². The molecule has 0 aliphatic heterocycles. The van der Waals surface area contributed by atoms with Gasteiger partial charge in [0.15, 0.2) is 5.65 Å². The highest BCUT2D eigenvalue weighted by Crippen LogP contribution is 2.13. The molecule has 2 aromatic heterocycles. The van der Waals surface area contributed by atoms with E-state index >= 15 is 0 Å². The van der Waals surface area contributed by atoms with Crippen molar-refractivity contribution in [3.63, 3.8) is 0 Å². The minimum atomic E-state index is -0.164. The number of halogens is 1. The van der Waals surface area contributed by atoms with Gasteiger partial charge in [-0.25, -0.2) is 9.67 Å². The van der Waals surface area contributed by atoms with Gasteiger partial charge in [-0.05, 0) is 23.3 Å². The maximum Gasteiger partial charge on any atom is 0.264 e. The number of fused-ring (bicyclic) bond motifs is 1. The van der Waals surface area contributed by atoms with Crippen molar-refractivity contribution < 1.29 is 4.79 Å². The molecular weight excluding hydrogens is 446 g/mol. The highest BCUT2D eigenvalue weighted by Gasteiger charge is 2.11. The lowest BCUT2D eigenvalue weighted by atomic mass is 10.2. The fourth-order valence-electron chi connectivity index (χ4n) is 3.29. The average molecular weight is 468 g/mol. The molecule has 0 atom stereocenters. The summed E-state index contributed by atoms with van der Waals surface area (Å²) in [6.45, 7) is 1.22. The van der Waals surface area contributed by atoms with Gasteiger partial charge >= 0.3 is 0 Å². The maximum atomic E-state index is 12.8. The number of nitrogens with zero attached hydrogens (tertiary/aromatic N) is 4. The molecule has 1 N–H and O–H groups in total. The number of benzene rings is 2. The Balaban J connectivity index is 1.31. The van der Waals surface area contributed by atoms with Gasteiger partial charge in [0, 0.05) is 17.3 Å². The zero-order valence-corrected chi connectivity index (χ0v) is 18.9. The Morgan fingerprint density at radius 2 is 1.91 bits per heavy atom. The van der Waals surface area contributed by atoms with Crippen LogP contribution in [0.4, 0.5) is 0 Å². The van der Waals surface area contributed by atoms with Gasteiger partial charge in [-0.2, -0.15) is 5.10 Å². The summed E-state index contributed by atoms with van der Waals surface area (Å²) in [6.07, 6.45) is 3.04. The Labute approximate surface area is 194 Å². The summed E-state index contributed by atoms with van der Waals surface area (Å²) in [5.74, 6) is 1.16. The number of thioether (sulfide) groups is 1. The van der Waals surface area contributed by atoms with Crippen molar-refractivity contribution in [3.8, 4) is 0 Å². The maximum absolute atomic E-state index is 12.8. The van der Waals surface area contributed by atoms with Gasteiger partial charge < -0.3 is 5.32 Å². The summed E-state index contributed by atoms with van der Waals surface area (Å²) in [6, 6.07) is 17.4. The standard InChI is InChI=1S/C23H22ClN5O2S/c24-19-8-4-7-18(11-19)13-28-16-26-22-20(23(28)31)12-27-29(22)10-9-25-21(30)15-32-14-17-5-2-1-3-6-17/h1-8,11-12,16H,9-10,13-15H2,(H,25,30). The molecule has 0 aliphatic rings. The molecule has 0 spiro atoms. The van der Waals surface area contributed by atoms with E-state index in [0.29, 0.717) is 41.4 Å². The topological polar surface area (TPSA) is 81.8 Å². The smallest absolute Gasteiger partial charge is 0.264 e. The van der Waals surface area contributed by atoms with Crippen LogP contribution in [0.15, 0.2) is 71.9 Å². The number of aromatic nitrogens is 4. The van der Waals surface area contributed by atoms with Crippen molar-refractivity contribution in [2.45, 2.75) is 18.8 Å². The third kappa shape index (κ3) is 5.57. The molecule has 0 saturated heterocycles. The van der Waals surface area contributed by atoms with E-state index in [1.165, 1.54) is 22.7 Å². The van der Waals surface area contributed by atoms with Gasteiger partial charge in [0.2, 0.25) is 5.91 Å². The first-order valence-electron chi connectivity index (χ1n) is 10.1. The van der Waals surface area contributed by atoms with Crippen LogP contribution in [0.1, 0.15) is 11.1 Å². The fourth-order valence-corrected chi connectivity index (χ4v) is 4.32. The Morgan fingerprint density at radius 3 is 2.72 bits per heavy atom. The van der Waals surface area contributed by atoms with E-state index in [4.69, 9.17) is 11.6 Å². The molecule has 2 heterocycles. The number of amides is 1. The second-order valence-electron chi connectivity index (χ2n) is 7.24. The average Bonchev–Trinajstić information content (AvgIpc) is 3.20. The number of hydrogen-bond acceptors (Lipinski definition) is 5. The van der Waals surface area contributed by atoms with Crippen molar-refractivity contribution in [3.05, 3.63) is 93.6 Å². The van der Waals surface area contributed by atoms with Gasteiger partial charge in [0.1, 0.15) is 11.7 Å². The summed E-state index contributed by atoms with van der Waals surface area (Å²) >= 11 is 7.60. The van der Waals surface area contributed by atoms with Gasteiger partial charge in [0.05, 0.1) is 25.0 Å². The van der Waals surface area contributed by atoms with Crippen LogP contribution >= 0.6 is 23.4 Å². The molecule has 0 fully saturated rings. The molecule has 0 bridgehead atoms. The third-order valence-corrected chi connectivity index (χ3v) is 6.09. The van der Waals surface area contributed by atoms with E-state index in [1.54, 1.807) is 22.5 Å². The molecule has 7 nitrogen and oxygen atoms in total. The highest BCUT2D eigenvalue weighted by atomic mass is 35.5. The zero-order chi connectivity index (χ0) is 22.3. The summed E-state index contributed by atoms with van der Waals surface area (Å²) < 4.78 is 3.17. The molecule has 9 heteroatoms. The summed E-state index contributed by atoms with van der Waals surface area (Å²) in [7, 11) is 0. The number of carbonyl (C=O) groups excluding carboxylic acids is 1. The van der Waals surface area contributed by atoms with Gasteiger partial charge in [-0.15, -0.1) is 11.8 Å². The SMILES string of the molecule is O=C(CSCc1ccccc1)NCCn1ncc2c(=O)n(Cc3cccc(Cl)c3)cnc21. The van der Waals surface area contributed by atoms with Gasteiger partial charge in [-0.3, -0.25) is 14.2 Å². The van der Waals surface area contributed by atoms with Crippen molar-refractivity contribution in [2.24, 2.45) is 0 Å². The van der Waals surface area contributed by atoms with Crippen molar-refractivity contribution in [1.29, 1.82) is 0 Å². The first-order valence-corrected chi connectivity index (χ1v) is 11.7. The molecule has 0 radical (unpaired) electrons. The molecule has 2 aromatic carbocycles. The molecule has 0 saturated carbocycles. The molecule has 0 aliphatic carbocycles. The predicted molar refractivity (Wildman–Crippen MR) is 128 cm³/mol. The largest absolute Gasteiger partial charge is 0.354 e. The first-order chi connectivity index (χ1) is 15.6. The Morgan fingerprint density at radius 1 is 1.09 bits per heavy atom. The number of rotatable bonds is 9. The Kier molecular flexibility index (Phi) is 7.24. The quantitative estimate of drug-likeness (QED) is 0.408. The van der Waals surface area contributed by atoms with Crippen molar-refractivity contribution >= 4 is 40.3 Å². The minimum Gasteiger partial charge on any atom is -0.354 e. The van der Waals surface area contributed by atoms with E-state index < -0.39 is 0 Å². The van der Waals surface area contributed by atoms with Crippen LogP contribution in [-0.2, 0) is 23.6 Å². The lowest BCUT2D eigenvalue weighted by Gasteiger charge is -2.08. The van der Waals surface area contributed by atoms with Crippen LogP contribution in [-0.4, -0.2) is 37.5 Å². The molecule has 164 valence electrons. The molecule has 32 heavy (non-hydrogen) atoms. The van der Waals surface area contributed by atoms with Crippen molar-refractivity contribution in [1.82, 2.24) is 24.6 Å². The van der Waals surface area contributed by atoms with Crippen LogP contribution in [0.2, 0.25) is 5.02 Å². The Hall–Kier alpha value is -3.10. The minimum absolute atomic E-state index is 0.0285. The highest BCUT2D eigenvalue weighted by molar-refractivity contribution is 7.99. The van der Waals surface area contributed by atoms with E-state index in [9.17, 15) is 9.59 Å². The molecule has 0 unspecified atom stereocenters. The fraction of sp³-hybridized carbons (Fsp3) is 0.217. The third-order valence-electron chi connectivity index (χ3n) is 4.85. The normalized spacial score (nSPS) is 11.0. The molecule has 1 amide bonds. The van der Waals surface area contributed by atoms with Crippen molar-refractivity contribution in [2.75, 3.05) is 12.3 Å². The zero-order valence-electron chi connectivity index (χ0n) is 17.3. The predicted octanol–water partition coefficient (Wildman–Crippen LogP) is 3.34. The van der Waals surface area contributed by atoms with Crippen LogP contribution in [0.25, 0.3) is 11.0 Å². The summed E-state index contributed by atoms with van der Waals surface area (Å²) in [5, 5.41) is 8.24. The second kappa shape index (κ2) is 10.5. The van der Waals surface area contributed by atoms with Gasteiger partial charge in [0.25, 0.3) is 5.56 Å². The van der Waals surface area contributed by atoms with Crippen LogP contribution in [0.5, 0.6) is 0 Å². The summed E-state index contributed by atoms with van der Waals surface area (Å²) in [5.41, 5.74) is 2.45. The lowest BCUT2D eigenvalue weighted by Crippen LogP contribution is -2.29. The monoisotopic (exact) mass is 467 g/mol. The number of nitrogens with one attached hydrogen (secondary N) is 1. The first kappa shape index (κ1) is 22.1. The second-order valence-corrected chi connectivity index (χ2v) is 8.66. The lowest BCUT2D eigenvalue weighted by molar-refractivity contribution is -0.118. The van der Waals surface area contributed by atoms with E-state index in [0.717, 1.165) is 11.3 Å². The van der Waals surface area contributed by atoms with Gasteiger partial charge in [-0.1, -0.05) is 54.1 Å². The van der Waals surface area contributed by atoms with Crippen LogP contribution in [0.3, 0.4) is 0 Å². The Bertz CT molecular complexity index is 1270. The van der Waals surface area contributed by atoms with E-state index in [1.807, 2.05) is 48.5 Å². The van der Waals surface area contributed by atoms with Crippen LogP contribution < -0.4 is 10.9 Å².